The van der Waals surface area contributed by atoms with Gasteiger partial charge in [-0.05, 0) is 43.9 Å². The van der Waals surface area contributed by atoms with E-state index in [0.29, 0.717) is 11.4 Å². The fourth-order valence-electron chi connectivity index (χ4n) is 4.61. The Labute approximate surface area is 199 Å². The Hall–Kier alpha value is -3.26. The number of amides is 1. The number of Topliss-reactive ketones (excluding diaryl/α,β-unsaturated/α-hetero) is 1. The van der Waals surface area contributed by atoms with E-state index in [2.05, 4.69) is 15.0 Å². The number of hydrogen-bond acceptors (Lipinski definition) is 6. The summed E-state index contributed by atoms with van der Waals surface area (Å²) >= 11 is 0. The van der Waals surface area contributed by atoms with Crippen LogP contribution in [0.3, 0.4) is 0 Å². The molecule has 1 aliphatic carbocycles. The highest BCUT2D eigenvalue weighted by atomic mass is 16.5. The summed E-state index contributed by atoms with van der Waals surface area (Å²) < 4.78 is 7.23. The number of aromatic nitrogens is 3. The number of hydrogen-bond donors (Lipinski definition) is 0. The molecule has 0 radical (unpaired) electrons. The smallest absolute Gasteiger partial charge is 0.244 e. The van der Waals surface area contributed by atoms with Crippen molar-refractivity contribution in [2.75, 3.05) is 39.8 Å². The van der Waals surface area contributed by atoms with Gasteiger partial charge in [-0.2, -0.15) is 5.10 Å². The molecule has 2 fully saturated rings. The van der Waals surface area contributed by atoms with Crippen LogP contribution in [0.4, 0.5) is 0 Å². The lowest BCUT2D eigenvalue weighted by molar-refractivity contribution is -0.133. The lowest BCUT2D eigenvalue weighted by atomic mass is 10.0. The highest BCUT2D eigenvalue weighted by Gasteiger charge is 2.27. The van der Waals surface area contributed by atoms with Crippen molar-refractivity contribution < 1.29 is 14.3 Å². The minimum atomic E-state index is -0.0650. The number of piperazine rings is 1. The zero-order valence-electron chi connectivity index (χ0n) is 19.9. The van der Waals surface area contributed by atoms with Gasteiger partial charge in [0.05, 0.1) is 12.6 Å². The van der Waals surface area contributed by atoms with Gasteiger partial charge in [-0.1, -0.05) is 6.07 Å². The summed E-state index contributed by atoms with van der Waals surface area (Å²) in [5.74, 6) is 1.51. The summed E-state index contributed by atoms with van der Waals surface area (Å²) in [5.41, 5.74) is 2.77. The summed E-state index contributed by atoms with van der Waals surface area (Å²) in [6, 6.07) is 9.19. The van der Waals surface area contributed by atoms with Gasteiger partial charge in [-0.15, -0.1) is 0 Å². The van der Waals surface area contributed by atoms with Gasteiger partial charge in [-0.25, -0.2) is 0 Å². The fourth-order valence-corrected chi connectivity index (χ4v) is 4.61. The number of methoxy groups -OCH3 is 1. The van der Waals surface area contributed by atoms with Crippen molar-refractivity contribution in [3.05, 3.63) is 53.5 Å². The van der Waals surface area contributed by atoms with Crippen LogP contribution in [-0.2, 0) is 17.8 Å². The van der Waals surface area contributed by atoms with Gasteiger partial charge in [0.25, 0.3) is 0 Å². The van der Waals surface area contributed by atoms with E-state index in [1.807, 2.05) is 42.3 Å². The highest BCUT2D eigenvalue weighted by molar-refractivity contribution is 5.97. The normalized spacial score (nSPS) is 16.7. The molecule has 0 spiro atoms. The van der Waals surface area contributed by atoms with Crippen LogP contribution in [0.5, 0.6) is 5.75 Å². The van der Waals surface area contributed by atoms with Gasteiger partial charge in [0.1, 0.15) is 18.0 Å². The number of rotatable bonds is 8. The molecule has 1 saturated carbocycles. The first-order chi connectivity index (χ1) is 16.5. The van der Waals surface area contributed by atoms with Crippen molar-refractivity contribution >= 4 is 22.6 Å². The van der Waals surface area contributed by atoms with E-state index >= 15 is 0 Å². The molecule has 2 aliphatic rings. The van der Waals surface area contributed by atoms with Crippen molar-refractivity contribution in [2.24, 2.45) is 5.92 Å². The van der Waals surface area contributed by atoms with Gasteiger partial charge in [0, 0.05) is 68.1 Å². The Morgan fingerprint density at radius 1 is 1.12 bits per heavy atom. The van der Waals surface area contributed by atoms with E-state index in [1.165, 1.54) is 19.4 Å². The molecular weight excluding hydrogens is 430 g/mol. The van der Waals surface area contributed by atoms with Gasteiger partial charge < -0.3 is 9.64 Å². The summed E-state index contributed by atoms with van der Waals surface area (Å²) in [4.78, 5) is 34.4. The lowest BCUT2D eigenvalue weighted by Crippen LogP contribution is -2.49. The van der Waals surface area contributed by atoms with Crippen molar-refractivity contribution in [2.45, 2.75) is 32.7 Å². The predicted molar refractivity (Wildman–Crippen MR) is 129 cm³/mol. The van der Waals surface area contributed by atoms with Crippen molar-refractivity contribution in [3.63, 3.8) is 0 Å². The number of carbonyl (C=O) groups excluding carboxylic acids is 2. The second-order valence-electron chi connectivity index (χ2n) is 9.44. The van der Waals surface area contributed by atoms with E-state index in [4.69, 9.17) is 4.74 Å². The van der Waals surface area contributed by atoms with Crippen LogP contribution in [0.15, 0.2) is 36.5 Å². The summed E-state index contributed by atoms with van der Waals surface area (Å²) in [7, 11) is 1.59. The molecule has 1 amide bonds. The first kappa shape index (κ1) is 22.5. The molecule has 2 aromatic heterocycles. The number of benzene rings is 1. The number of ketones is 1. The predicted octanol–water partition coefficient (Wildman–Crippen LogP) is 2.73. The van der Waals surface area contributed by atoms with Crippen molar-refractivity contribution in [1.29, 1.82) is 0 Å². The Bertz CT molecular complexity index is 1210. The lowest BCUT2D eigenvalue weighted by Gasteiger charge is -2.34. The van der Waals surface area contributed by atoms with Crippen LogP contribution in [0, 0.1) is 12.8 Å². The topological polar surface area (TPSA) is 80.6 Å². The largest absolute Gasteiger partial charge is 0.496 e. The molecular formula is C26H31N5O3. The van der Waals surface area contributed by atoms with Crippen molar-refractivity contribution in [3.8, 4) is 5.75 Å². The minimum Gasteiger partial charge on any atom is -0.496 e. The maximum absolute atomic E-state index is 12.9. The fraction of sp³-hybridized carbons (Fsp3) is 0.462. The number of carbonyl (C=O) groups is 2. The first-order valence-electron chi connectivity index (χ1n) is 12.0. The average molecular weight is 462 g/mol. The zero-order chi connectivity index (χ0) is 23.7. The van der Waals surface area contributed by atoms with Crippen LogP contribution in [0.1, 0.15) is 34.6 Å². The molecule has 34 heavy (non-hydrogen) atoms. The second-order valence-corrected chi connectivity index (χ2v) is 9.44. The van der Waals surface area contributed by atoms with E-state index in [9.17, 15) is 9.59 Å². The standard InChI is InChI=1S/C26H31N5O3/c1-18-4-3-5-22(27-18)24(32)13-20-12-21-16-31(28-23(21)14-25(20)34-2)17-26(33)30-10-8-29(9-11-30)15-19-6-7-19/h3-5,12,14,16,19H,6-11,13,15,17H2,1-2H3. The molecule has 0 bridgehead atoms. The number of nitrogens with zero attached hydrogens (tertiary/aromatic N) is 5. The molecule has 1 saturated heterocycles. The Morgan fingerprint density at radius 2 is 1.91 bits per heavy atom. The first-order valence-corrected chi connectivity index (χ1v) is 12.0. The zero-order valence-corrected chi connectivity index (χ0v) is 19.9. The second kappa shape index (κ2) is 9.54. The molecule has 178 valence electrons. The summed E-state index contributed by atoms with van der Waals surface area (Å²) in [6.45, 7) is 6.72. The molecule has 5 rings (SSSR count). The molecule has 8 nitrogen and oxygen atoms in total. The monoisotopic (exact) mass is 461 g/mol. The Balaban J connectivity index is 1.26. The number of ether oxygens (including phenoxy) is 1. The minimum absolute atomic E-state index is 0.0650. The third-order valence-electron chi connectivity index (χ3n) is 6.71. The van der Waals surface area contributed by atoms with Crippen LogP contribution < -0.4 is 4.74 Å². The maximum Gasteiger partial charge on any atom is 0.244 e. The van der Waals surface area contributed by atoms with Crippen LogP contribution in [0.25, 0.3) is 10.9 Å². The average Bonchev–Trinajstić information content (AvgIpc) is 3.56. The molecule has 3 aromatic rings. The highest BCUT2D eigenvalue weighted by Crippen LogP contribution is 2.30. The van der Waals surface area contributed by atoms with E-state index in [1.54, 1.807) is 17.9 Å². The quantitative estimate of drug-likeness (QED) is 0.480. The molecule has 0 atom stereocenters. The van der Waals surface area contributed by atoms with Gasteiger partial charge in [-0.3, -0.25) is 24.2 Å². The van der Waals surface area contributed by atoms with Crippen molar-refractivity contribution in [1.82, 2.24) is 24.6 Å². The Morgan fingerprint density at radius 3 is 2.62 bits per heavy atom. The van der Waals surface area contributed by atoms with Gasteiger partial charge in [0.2, 0.25) is 5.91 Å². The van der Waals surface area contributed by atoms with Gasteiger partial charge in [0.15, 0.2) is 5.78 Å². The molecule has 1 aromatic carbocycles. The SMILES string of the molecule is COc1cc2nn(CC(=O)N3CCN(CC4CC4)CC3)cc2cc1CC(=O)c1cccc(C)n1. The molecule has 3 heterocycles. The third kappa shape index (κ3) is 5.12. The van der Waals surface area contributed by atoms with E-state index < -0.39 is 0 Å². The van der Waals surface area contributed by atoms with Crippen LogP contribution in [-0.4, -0.2) is 76.1 Å². The van der Waals surface area contributed by atoms with Crippen LogP contribution in [0.2, 0.25) is 0 Å². The summed E-state index contributed by atoms with van der Waals surface area (Å²) in [5, 5.41) is 5.47. The number of pyridine rings is 1. The van der Waals surface area contributed by atoms with Crippen LogP contribution >= 0.6 is 0 Å². The number of aryl methyl sites for hydroxylation is 1. The van der Waals surface area contributed by atoms with E-state index in [-0.39, 0.29) is 24.7 Å². The Kier molecular flexibility index (Phi) is 6.32. The molecule has 0 N–H and O–H groups in total. The summed E-state index contributed by atoms with van der Waals surface area (Å²) in [6.07, 6.45) is 4.77. The molecule has 8 heteroatoms. The van der Waals surface area contributed by atoms with E-state index in [0.717, 1.165) is 54.3 Å². The molecule has 0 unspecified atom stereocenters. The third-order valence-corrected chi connectivity index (χ3v) is 6.71. The number of fused-ring (bicyclic) bond motifs is 1. The maximum atomic E-state index is 12.9. The van der Waals surface area contributed by atoms with Gasteiger partial charge >= 0.3 is 0 Å². The molecule has 1 aliphatic heterocycles.